The van der Waals surface area contributed by atoms with Crippen molar-refractivity contribution in [2.45, 2.75) is 38.5 Å². The molecule has 0 amide bonds. The van der Waals surface area contributed by atoms with Crippen LogP contribution in [0.15, 0.2) is 180 Å². The Hall–Kier alpha value is -6.64. The first-order valence-electron chi connectivity index (χ1n) is 19.7. The highest BCUT2D eigenvalue weighted by atomic mass is 16.3. The summed E-state index contributed by atoms with van der Waals surface area (Å²) in [6.07, 6.45) is 0. The van der Waals surface area contributed by atoms with E-state index < -0.39 is 0 Å². The highest BCUT2D eigenvalue weighted by Crippen LogP contribution is 2.57. The van der Waals surface area contributed by atoms with Crippen LogP contribution in [0.25, 0.3) is 66.4 Å². The van der Waals surface area contributed by atoms with Gasteiger partial charge in [0.2, 0.25) is 0 Å². The van der Waals surface area contributed by atoms with Gasteiger partial charge < -0.3 is 9.32 Å². The first-order valence-corrected chi connectivity index (χ1v) is 19.7. The van der Waals surface area contributed by atoms with Crippen molar-refractivity contribution in [3.8, 4) is 44.5 Å². The van der Waals surface area contributed by atoms with Crippen LogP contribution < -0.4 is 4.90 Å². The third kappa shape index (κ3) is 4.56. The smallest absolute Gasteiger partial charge is 0.143 e. The normalized spacial score (nSPS) is 14.4. The molecule has 0 atom stereocenters. The van der Waals surface area contributed by atoms with Crippen molar-refractivity contribution >= 4 is 39.0 Å². The molecule has 268 valence electrons. The Labute approximate surface area is 328 Å². The van der Waals surface area contributed by atoms with E-state index in [1.807, 2.05) is 6.07 Å². The number of anilines is 3. The van der Waals surface area contributed by atoms with Crippen LogP contribution in [0.1, 0.15) is 49.9 Å². The van der Waals surface area contributed by atoms with E-state index in [9.17, 15) is 0 Å². The largest absolute Gasteiger partial charge is 0.455 e. The summed E-state index contributed by atoms with van der Waals surface area (Å²) in [4.78, 5) is 2.50. The summed E-state index contributed by atoms with van der Waals surface area (Å²) in [5, 5.41) is 2.28. The van der Waals surface area contributed by atoms with Gasteiger partial charge in [-0.1, -0.05) is 173 Å². The molecule has 9 aromatic rings. The van der Waals surface area contributed by atoms with Gasteiger partial charge in [0.1, 0.15) is 11.2 Å². The summed E-state index contributed by atoms with van der Waals surface area (Å²) in [7, 11) is 0. The van der Waals surface area contributed by atoms with Gasteiger partial charge in [0, 0.05) is 44.0 Å². The molecule has 56 heavy (non-hydrogen) atoms. The van der Waals surface area contributed by atoms with Crippen LogP contribution in [-0.4, -0.2) is 0 Å². The fourth-order valence-electron chi connectivity index (χ4n) is 9.97. The second-order valence-corrected chi connectivity index (χ2v) is 16.4. The molecule has 2 aliphatic carbocycles. The molecular formula is C54H41NO. The number of rotatable bonds is 5. The lowest BCUT2D eigenvalue weighted by atomic mass is 9.82. The molecule has 8 aromatic carbocycles. The fourth-order valence-corrected chi connectivity index (χ4v) is 9.97. The molecule has 0 saturated carbocycles. The zero-order valence-electron chi connectivity index (χ0n) is 32.1. The maximum Gasteiger partial charge on any atom is 0.143 e. The van der Waals surface area contributed by atoms with Crippen molar-refractivity contribution in [3.63, 3.8) is 0 Å². The molecule has 0 spiro atoms. The maximum atomic E-state index is 6.49. The van der Waals surface area contributed by atoms with Gasteiger partial charge in [-0.05, 0) is 80.4 Å². The standard InChI is InChI=1S/C54H41NO/c1-53(2)43-23-9-5-18-41(43)50-39(21-14-25-45(50)53)37-16-7-11-27-47(37)55(48-28-15-26-46-51(48)42-19-6-10-24-44(42)54(46,3)4)35-32-30-34(31-33-35)36-20-13-22-40-38-17-8-12-29-49(38)56-52(36)40/h5-33H,1-4H3. The lowest BCUT2D eigenvalue weighted by molar-refractivity contribution is 0.660. The molecule has 2 heteroatoms. The van der Waals surface area contributed by atoms with Crippen LogP contribution in [0.4, 0.5) is 17.1 Å². The Morgan fingerprint density at radius 1 is 0.375 bits per heavy atom. The van der Waals surface area contributed by atoms with Crippen molar-refractivity contribution in [2.24, 2.45) is 0 Å². The second kappa shape index (κ2) is 11.9. The predicted molar refractivity (Wildman–Crippen MR) is 234 cm³/mol. The zero-order valence-corrected chi connectivity index (χ0v) is 32.1. The molecule has 2 aliphatic rings. The molecule has 2 nitrogen and oxygen atoms in total. The average Bonchev–Trinajstić information content (AvgIpc) is 3.82. The van der Waals surface area contributed by atoms with Gasteiger partial charge in [0.25, 0.3) is 0 Å². The fraction of sp³-hybridized carbons (Fsp3) is 0.111. The number of para-hydroxylation sites is 3. The number of hydrogen-bond donors (Lipinski definition) is 0. The maximum absolute atomic E-state index is 6.49. The third-order valence-electron chi connectivity index (χ3n) is 12.7. The zero-order chi connectivity index (χ0) is 37.8. The van der Waals surface area contributed by atoms with Crippen LogP contribution in [0.3, 0.4) is 0 Å². The van der Waals surface area contributed by atoms with Gasteiger partial charge in [-0.2, -0.15) is 0 Å². The number of furan rings is 1. The summed E-state index contributed by atoms with van der Waals surface area (Å²) >= 11 is 0. The topological polar surface area (TPSA) is 16.4 Å². The lowest BCUT2D eigenvalue weighted by Gasteiger charge is -2.31. The minimum Gasteiger partial charge on any atom is -0.455 e. The van der Waals surface area contributed by atoms with E-state index >= 15 is 0 Å². The first kappa shape index (κ1) is 32.8. The number of fused-ring (bicyclic) bond motifs is 9. The molecule has 0 fully saturated rings. The highest BCUT2D eigenvalue weighted by molar-refractivity contribution is 6.10. The van der Waals surface area contributed by atoms with E-state index in [0.717, 1.165) is 44.4 Å². The van der Waals surface area contributed by atoms with E-state index in [-0.39, 0.29) is 10.8 Å². The number of nitrogens with zero attached hydrogens (tertiary/aromatic N) is 1. The summed E-state index contributed by atoms with van der Waals surface area (Å²) in [5.74, 6) is 0. The number of benzene rings is 8. The van der Waals surface area contributed by atoms with Gasteiger partial charge in [-0.15, -0.1) is 0 Å². The molecule has 11 rings (SSSR count). The molecule has 0 bridgehead atoms. The van der Waals surface area contributed by atoms with Gasteiger partial charge in [-0.3, -0.25) is 0 Å². The van der Waals surface area contributed by atoms with Crippen molar-refractivity contribution in [1.82, 2.24) is 0 Å². The van der Waals surface area contributed by atoms with Crippen LogP contribution in [0.2, 0.25) is 0 Å². The first-order chi connectivity index (χ1) is 27.3. The SMILES string of the molecule is CC1(C)c2ccccc2-c2c(-c3ccccc3N(c3ccc(-c4cccc5c4oc4ccccc45)cc3)c3cccc4c3-c3ccccc3C4(C)C)cccc21. The second-order valence-electron chi connectivity index (χ2n) is 16.4. The molecule has 0 saturated heterocycles. The summed E-state index contributed by atoms with van der Waals surface area (Å²) in [6, 6.07) is 64.5. The number of hydrogen-bond acceptors (Lipinski definition) is 2. The van der Waals surface area contributed by atoms with E-state index in [4.69, 9.17) is 4.42 Å². The van der Waals surface area contributed by atoms with Crippen molar-refractivity contribution < 1.29 is 4.42 Å². The molecule has 0 radical (unpaired) electrons. The van der Waals surface area contributed by atoms with E-state index in [2.05, 4.69) is 202 Å². The van der Waals surface area contributed by atoms with Gasteiger partial charge in [0.05, 0.1) is 11.4 Å². The minimum absolute atomic E-state index is 0.0926. The van der Waals surface area contributed by atoms with Crippen molar-refractivity contribution in [2.75, 3.05) is 4.90 Å². The van der Waals surface area contributed by atoms with Gasteiger partial charge >= 0.3 is 0 Å². The summed E-state index contributed by atoms with van der Waals surface area (Å²) in [6.45, 7) is 9.44. The minimum atomic E-state index is -0.127. The third-order valence-corrected chi connectivity index (χ3v) is 12.7. The van der Waals surface area contributed by atoms with Crippen molar-refractivity contribution in [3.05, 3.63) is 198 Å². The monoisotopic (exact) mass is 719 g/mol. The van der Waals surface area contributed by atoms with Crippen molar-refractivity contribution in [1.29, 1.82) is 0 Å². The van der Waals surface area contributed by atoms with Crippen LogP contribution in [0.5, 0.6) is 0 Å². The Kier molecular flexibility index (Phi) is 6.98. The molecule has 0 aliphatic heterocycles. The van der Waals surface area contributed by atoms with Gasteiger partial charge in [0.15, 0.2) is 0 Å². The summed E-state index contributed by atoms with van der Waals surface area (Å²) < 4.78 is 6.49. The Morgan fingerprint density at radius 2 is 0.875 bits per heavy atom. The van der Waals surface area contributed by atoms with Crippen LogP contribution in [-0.2, 0) is 10.8 Å². The summed E-state index contributed by atoms with van der Waals surface area (Å²) in [5.41, 5.74) is 20.4. The molecule has 1 aromatic heterocycles. The molecule has 1 heterocycles. The van der Waals surface area contributed by atoms with Crippen LogP contribution >= 0.6 is 0 Å². The molecular weight excluding hydrogens is 679 g/mol. The quantitative estimate of drug-likeness (QED) is 0.176. The average molecular weight is 720 g/mol. The van der Waals surface area contributed by atoms with E-state index in [1.165, 1.54) is 61.3 Å². The Bertz CT molecular complexity index is 3030. The van der Waals surface area contributed by atoms with Crippen LogP contribution in [0, 0.1) is 0 Å². The van der Waals surface area contributed by atoms with Gasteiger partial charge in [-0.25, -0.2) is 0 Å². The molecule has 0 N–H and O–H groups in total. The molecule has 0 unspecified atom stereocenters. The Morgan fingerprint density at radius 3 is 1.62 bits per heavy atom. The predicted octanol–water partition coefficient (Wildman–Crippen LogP) is 15.0. The van der Waals surface area contributed by atoms with E-state index in [0.29, 0.717) is 0 Å². The van der Waals surface area contributed by atoms with E-state index in [1.54, 1.807) is 0 Å². The highest BCUT2D eigenvalue weighted by Gasteiger charge is 2.39. The lowest BCUT2D eigenvalue weighted by Crippen LogP contribution is -2.16. The Balaban J connectivity index is 1.15.